The van der Waals surface area contributed by atoms with Gasteiger partial charge in [0.25, 0.3) is 0 Å². The van der Waals surface area contributed by atoms with Crippen molar-refractivity contribution in [1.29, 1.82) is 0 Å². The fourth-order valence-corrected chi connectivity index (χ4v) is 6.67. The van der Waals surface area contributed by atoms with Gasteiger partial charge in [-0.2, -0.15) is 0 Å². The first kappa shape index (κ1) is 22.4. The predicted octanol–water partition coefficient (Wildman–Crippen LogP) is 20.3. The maximum Gasteiger partial charge on any atom is 0.0645 e. The normalized spacial score (nSPS) is 16.9. The van der Waals surface area contributed by atoms with Crippen LogP contribution in [0.1, 0.15) is 48.0 Å². The van der Waals surface area contributed by atoms with Crippen molar-refractivity contribution in [3.05, 3.63) is 327 Å². The van der Waals surface area contributed by atoms with Gasteiger partial charge < -0.3 is 16.0 Å². The summed E-state index contributed by atoms with van der Waals surface area (Å²) in [7, 11) is 0. The lowest BCUT2D eigenvalue weighted by atomic mass is 10.0. The molecule has 3 nitrogen and oxygen atoms in total. The molecule has 0 aliphatic rings. The fraction of sp³-hybridized carbons (Fsp3) is 0. The zero-order chi connectivity index (χ0) is 81.2. The summed E-state index contributed by atoms with van der Waals surface area (Å²) in [6.07, 6.45) is 0. The summed E-state index contributed by atoms with van der Waals surface area (Å²) >= 11 is 0. The highest BCUT2D eigenvalue weighted by Gasteiger charge is 2.04. The van der Waals surface area contributed by atoms with Crippen molar-refractivity contribution >= 4 is 34.1 Å². The molecular weight excluding hydrogens is 907 g/mol. The predicted molar refractivity (Wildman–Crippen MR) is 321 cm³/mol. The standard InChI is InChI=1S/3C24H19N/c1-3-8-19(9-4-1)21-14-16-23(17-15-21)25-24-13-7-12-22(18-24)20-10-5-2-6-11-20;2*1-3-7-19(8-4-1)21-11-15-23(16-12-21)25-24-17-13-22(14-18-24)20-9-5-2-6-10-20/h3*1-18,25H/i1D,3D,4D,8D,9D,14D,15D,16D,17D;1D,2D,3D,4D,5D,6D,7D,8D,9D,10D,11D,12D,13D,14D,15D,16D,17D,18D;11D,12D,13D,14D,15D,16D,17D,18D. The summed E-state index contributed by atoms with van der Waals surface area (Å²) in [6.45, 7) is 0. The zero-order valence-corrected chi connectivity index (χ0v) is 39.0. The average molecular weight is 999 g/mol. The van der Waals surface area contributed by atoms with Crippen LogP contribution in [-0.2, 0) is 0 Å². The molecule has 3 N–H and O–H groups in total. The van der Waals surface area contributed by atoms with Gasteiger partial charge in [0.15, 0.2) is 0 Å². The first-order valence-corrected chi connectivity index (χ1v) is 22.6. The molecule has 12 rings (SSSR count). The van der Waals surface area contributed by atoms with Gasteiger partial charge in [-0.15, -0.1) is 0 Å². The summed E-state index contributed by atoms with van der Waals surface area (Å²) in [6, 6.07) is 13.0. The van der Waals surface area contributed by atoms with Crippen LogP contribution in [0.3, 0.4) is 0 Å². The second kappa shape index (κ2) is 24.9. The molecule has 0 radical (unpaired) electrons. The van der Waals surface area contributed by atoms with Crippen LogP contribution in [-0.4, -0.2) is 0 Å². The quantitative estimate of drug-likeness (QED) is 0.114. The van der Waals surface area contributed by atoms with E-state index in [1.165, 1.54) is 0 Å². The number of hydrogen-bond donors (Lipinski definition) is 3. The van der Waals surface area contributed by atoms with Crippen LogP contribution in [0.15, 0.2) is 327 Å². The molecule has 0 saturated heterocycles. The van der Waals surface area contributed by atoms with Crippen molar-refractivity contribution < 1.29 is 48.0 Å². The van der Waals surface area contributed by atoms with Gasteiger partial charge in [-0.25, -0.2) is 0 Å². The fourth-order valence-electron chi connectivity index (χ4n) is 6.67. The van der Waals surface area contributed by atoms with Crippen LogP contribution in [0.2, 0.25) is 0 Å². The molecule has 0 fully saturated rings. The highest BCUT2D eigenvalue weighted by Crippen LogP contribution is 2.30. The van der Waals surface area contributed by atoms with E-state index in [-0.39, 0.29) is 87.7 Å². The van der Waals surface area contributed by atoms with Crippen LogP contribution < -0.4 is 16.0 Å². The molecule has 12 aromatic rings. The second-order valence-electron chi connectivity index (χ2n) is 15.3. The second-order valence-corrected chi connectivity index (χ2v) is 15.3. The molecule has 0 bridgehead atoms. The van der Waals surface area contributed by atoms with Crippen molar-refractivity contribution in [2.75, 3.05) is 16.0 Å². The number of benzene rings is 12. The van der Waals surface area contributed by atoms with Gasteiger partial charge in [-0.05, 0) is 139 Å². The summed E-state index contributed by atoms with van der Waals surface area (Å²) in [5.41, 5.74) is -0.920. The Morgan fingerprint density at radius 1 is 0.173 bits per heavy atom. The summed E-state index contributed by atoms with van der Waals surface area (Å²) in [5, 5.41) is 8.02. The van der Waals surface area contributed by atoms with Gasteiger partial charge in [0.2, 0.25) is 0 Å². The molecule has 75 heavy (non-hydrogen) atoms. The van der Waals surface area contributed by atoms with Crippen molar-refractivity contribution in [2.45, 2.75) is 0 Å². The Morgan fingerprint density at radius 3 is 0.693 bits per heavy atom. The molecule has 3 heteroatoms. The Kier molecular flexibility index (Phi) is 7.46. The first-order chi connectivity index (χ1) is 51.7. The lowest BCUT2D eigenvalue weighted by Crippen LogP contribution is -1.90. The van der Waals surface area contributed by atoms with E-state index < -0.39 is 197 Å². The maximum atomic E-state index is 8.48. The number of nitrogens with one attached hydrogen (secondary N) is 3. The first-order valence-electron chi connectivity index (χ1n) is 40.1. The minimum Gasteiger partial charge on any atom is -0.356 e. The van der Waals surface area contributed by atoms with E-state index in [0.717, 1.165) is 11.1 Å². The Balaban J connectivity index is 0.000000178. The van der Waals surface area contributed by atoms with Crippen LogP contribution in [0, 0.1) is 0 Å². The average Bonchev–Trinajstić information content (AvgIpc) is 0.758. The molecule has 0 atom stereocenters. The molecule has 12 aromatic carbocycles. The lowest BCUT2D eigenvalue weighted by Gasteiger charge is -2.10. The van der Waals surface area contributed by atoms with Crippen molar-refractivity contribution in [2.24, 2.45) is 0 Å². The molecule has 0 unspecified atom stereocenters. The summed E-state index contributed by atoms with van der Waals surface area (Å²) in [5.74, 6) is 0. The monoisotopic (exact) mass is 999 g/mol. The molecule has 0 aliphatic carbocycles. The largest absolute Gasteiger partial charge is 0.356 e. The number of anilines is 6. The minimum absolute atomic E-state index is 0.0728. The molecule has 0 amide bonds. The maximum absolute atomic E-state index is 8.48. The van der Waals surface area contributed by atoms with Gasteiger partial charge >= 0.3 is 0 Å². The van der Waals surface area contributed by atoms with Crippen LogP contribution in [0.4, 0.5) is 34.1 Å². The zero-order valence-electron chi connectivity index (χ0n) is 74.0. The molecule has 0 aliphatic heterocycles. The third-order valence-electron chi connectivity index (χ3n) is 10.2. The number of hydrogen-bond acceptors (Lipinski definition) is 3. The molecule has 0 spiro atoms. The van der Waals surface area contributed by atoms with Gasteiger partial charge in [-0.1, -0.05) is 254 Å². The molecule has 0 saturated carbocycles. The van der Waals surface area contributed by atoms with E-state index in [0.29, 0.717) is 16.8 Å². The third-order valence-corrected chi connectivity index (χ3v) is 10.2. The smallest absolute Gasteiger partial charge is 0.0645 e. The number of rotatable bonds is 12. The summed E-state index contributed by atoms with van der Waals surface area (Å²) in [4.78, 5) is 0. The van der Waals surface area contributed by atoms with Crippen molar-refractivity contribution in [3.63, 3.8) is 0 Å². The highest BCUT2D eigenvalue weighted by atomic mass is 14.9. The van der Waals surface area contributed by atoms with E-state index >= 15 is 0 Å². The Hall–Kier alpha value is -9.96. The summed E-state index contributed by atoms with van der Waals surface area (Å²) < 4.78 is 289. The third kappa shape index (κ3) is 13.7. The van der Waals surface area contributed by atoms with E-state index in [1.54, 1.807) is 66.7 Å². The lowest BCUT2D eigenvalue weighted by molar-refractivity contribution is 1.53. The molecule has 0 aromatic heterocycles. The van der Waals surface area contributed by atoms with Gasteiger partial charge in [-0.3, -0.25) is 0 Å². The molecule has 0 heterocycles. The van der Waals surface area contributed by atoms with E-state index in [1.807, 2.05) is 48.5 Å². The van der Waals surface area contributed by atoms with Gasteiger partial charge in [0.1, 0.15) is 0 Å². The highest BCUT2D eigenvalue weighted by molar-refractivity contribution is 5.75. The molecular formula is C72H57N3. The Morgan fingerprint density at radius 2 is 0.400 bits per heavy atom. The van der Waals surface area contributed by atoms with Crippen molar-refractivity contribution in [1.82, 2.24) is 0 Å². The van der Waals surface area contributed by atoms with E-state index in [2.05, 4.69) is 16.0 Å². The van der Waals surface area contributed by atoms with E-state index in [9.17, 15) is 0 Å². The van der Waals surface area contributed by atoms with E-state index in [4.69, 9.17) is 48.0 Å². The van der Waals surface area contributed by atoms with Crippen LogP contribution in [0.25, 0.3) is 66.8 Å². The van der Waals surface area contributed by atoms with Gasteiger partial charge in [0, 0.05) is 34.1 Å². The topological polar surface area (TPSA) is 36.1 Å². The Labute approximate surface area is 491 Å². The SMILES string of the molecule is [2H]c1c([2H])c(-c2ccccc2)c([2H])c([2H])c1Nc1c([2H])c([2H])c(-c2ccccc2)c([2H])c1[2H].[2H]c1c([2H])c([2H])c(-c2c([2H])c([2H])c(Nc3c([2H])c([2H])c(-c4c([2H])c([2H])c([2H])c([2H])c4[2H])c([2H])c3[2H])c([2H])c2[2H])c([2H])c1[2H].[2H]c1c([2H])c([2H])c(-c2c([2H])c([2H])c(Nc3cccc(-c4ccccc4)c3)c([2H])c2[2H])c([2H])c1[2H]. The van der Waals surface area contributed by atoms with Gasteiger partial charge in [0.05, 0.1) is 48.0 Å². The van der Waals surface area contributed by atoms with Crippen LogP contribution in [0.5, 0.6) is 0 Å². The minimum atomic E-state index is -0.812. The Bertz CT molecular complexity index is 5290. The molecule has 360 valence electrons. The van der Waals surface area contributed by atoms with Crippen molar-refractivity contribution in [3.8, 4) is 66.8 Å². The van der Waals surface area contributed by atoms with Crippen LogP contribution >= 0.6 is 0 Å².